The van der Waals surface area contributed by atoms with Gasteiger partial charge in [0.15, 0.2) is 5.69 Å². The van der Waals surface area contributed by atoms with E-state index in [0.29, 0.717) is 0 Å². The number of rotatable bonds is 2. The minimum Gasteiger partial charge on any atom is -0.451 e. The largest absolute Gasteiger partial charge is 0.451 e. The molecule has 0 aliphatic rings. The quantitative estimate of drug-likeness (QED) is 0.895. The zero-order valence-corrected chi connectivity index (χ0v) is 8.99. The number of pyridine rings is 1. The van der Waals surface area contributed by atoms with Gasteiger partial charge < -0.3 is 9.72 Å². The zero-order chi connectivity index (χ0) is 13.2. The van der Waals surface area contributed by atoms with E-state index in [1.54, 1.807) is 18.2 Å². The second kappa shape index (κ2) is 4.56. The molecule has 0 saturated heterocycles. The van der Waals surface area contributed by atoms with Crippen molar-refractivity contribution >= 4 is 0 Å². The van der Waals surface area contributed by atoms with Gasteiger partial charge in [-0.15, -0.1) is 0 Å². The Labute approximate surface area is 99.8 Å². The third kappa shape index (κ3) is 2.53. The fraction of sp³-hybridized carbons (Fsp3) is 0.0833. The smallest absolute Gasteiger partial charge is 0.435 e. The summed E-state index contributed by atoms with van der Waals surface area (Å²) < 4.78 is 43.0. The van der Waals surface area contributed by atoms with E-state index in [4.69, 9.17) is 4.74 Å². The van der Waals surface area contributed by atoms with Gasteiger partial charge in [-0.3, -0.25) is 4.79 Å². The Morgan fingerprint density at radius 2 is 1.72 bits per heavy atom. The standard InChI is InChI=1S/C12H8F3NO2/c13-12(14,15)11-10(9(17)6-7-16-11)18-8-4-2-1-3-5-8/h1-7H,(H,16,17). The number of H-pyrrole nitrogens is 1. The van der Waals surface area contributed by atoms with Gasteiger partial charge in [-0.25, -0.2) is 0 Å². The number of aromatic amines is 1. The maximum Gasteiger partial charge on any atom is 0.435 e. The van der Waals surface area contributed by atoms with Gasteiger partial charge in [-0.05, 0) is 12.1 Å². The number of para-hydroxylation sites is 1. The van der Waals surface area contributed by atoms with E-state index in [2.05, 4.69) is 0 Å². The molecule has 0 amide bonds. The first-order chi connectivity index (χ1) is 8.48. The highest BCUT2D eigenvalue weighted by Gasteiger charge is 2.36. The number of hydrogen-bond donors (Lipinski definition) is 1. The molecule has 1 aromatic heterocycles. The zero-order valence-electron chi connectivity index (χ0n) is 8.99. The molecule has 2 rings (SSSR count). The fourth-order valence-electron chi connectivity index (χ4n) is 1.38. The average molecular weight is 255 g/mol. The fourth-order valence-corrected chi connectivity index (χ4v) is 1.38. The van der Waals surface area contributed by atoms with Gasteiger partial charge in [-0.2, -0.15) is 13.2 Å². The van der Waals surface area contributed by atoms with Crippen molar-refractivity contribution < 1.29 is 17.9 Å². The van der Waals surface area contributed by atoms with Crippen LogP contribution in [-0.2, 0) is 6.18 Å². The number of aromatic nitrogens is 1. The van der Waals surface area contributed by atoms with Crippen molar-refractivity contribution in [1.82, 2.24) is 4.98 Å². The number of halogens is 3. The first-order valence-electron chi connectivity index (χ1n) is 5.00. The minimum atomic E-state index is -4.68. The lowest BCUT2D eigenvalue weighted by atomic mass is 10.3. The molecule has 3 nitrogen and oxygen atoms in total. The summed E-state index contributed by atoms with van der Waals surface area (Å²) in [6, 6.07) is 8.79. The average Bonchev–Trinajstić information content (AvgIpc) is 2.32. The predicted molar refractivity (Wildman–Crippen MR) is 58.6 cm³/mol. The summed E-state index contributed by atoms with van der Waals surface area (Å²) >= 11 is 0. The molecule has 18 heavy (non-hydrogen) atoms. The van der Waals surface area contributed by atoms with Gasteiger partial charge >= 0.3 is 6.18 Å². The monoisotopic (exact) mass is 255 g/mol. The van der Waals surface area contributed by atoms with Crippen LogP contribution in [0.3, 0.4) is 0 Å². The number of ether oxygens (including phenoxy) is 1. The van der Waals surface area contributed by atoms with Gasteiger partial charge in [0, 0.05) is 12.3 Å². The Balaban J connectivity index is 2.47. The van der Waals surface area contributed by atoms with E-state index in [-0.39, 0.29) is 5.75 Å². The van der Waals surface area contributed by atoms with E-state index >= 15 is 0 Å². The van der Waals surface area contributed by atoms with Crippen LogP contribution in [0.15, 0.2) is 47.4 Å². The molecule has 0 fully saturated rings. The number of benzene rings is 1. The molecule has 0 bridgehead atoms. The van der Waals surface area contributed by atoms with Crippen molar-refractivity contribution in [2.75, 3.05) is 0 Å². The van der Waals surface area contributed by atoms with Crippen LogP contribution in [0.25, 0.3) is 0 Å². The minimum absolute atomic E-state index is 0.166. The highest BCUT2D eigenvalue weighted by Crippen LogP contribution is 2.34. The van der Waals surface area contributed by atoms with Crippen LogP contribution < -0.4 is 10.2 Å². The first kappa shape index (κ1) is 12.2. The van der Waals surface area contributed by atoms with Crippen molar-refractivity contribution in [3.63, 3.8) is 0 Å². The highest BCUT2D eigenvalue weighted by molar-refractivity contribution is 5.35. The van der Waals surface area contributed by atoms with E-state index in [0.717, 1.165) is 12.3 Å². The molecule has 0 spiro atoms. The third-order valence-electron chi connectivity index (χ3n) is 2.16. The van der Waals surface area contributed by atoms with E-state index in [1.807, 2.05) is 4.98 Å². The molecular weight excluding hydrogens is 247 g/mol. The van der Waals surface area contributed by atoms with Gasteiger partial charge in [0.25, 0.3) is 0 Å². The summed E-state index contributed by atoms with van der Waals surface area (Å²) in [6.45, 7) is 0. The molecule has 0 unspecified atom stereocenters. The lowest BCUT2D eigenvalue weighted by Crippen LogP contribution is -2.16. The van der Waals surface area contributed by atoms with Gasteiger partial charge in [0.2, 0.25) is 11.2 Å². The van der Waals surface area contributed by atoms with Crippen LogP contribution in [0.4, 0.5) is 13.2 Å². The van der Waals surface area contributed by atoms with Crippen LogP contribution in [0.1, 0.15) is 5.69 Å². The van der Waals surface area contributed by atoms with Gasteiger partial charge in [0.1, 0.15) is 5.75 Å². The number of alkyl halides is 3. The van der Waals surface area contributed by atoms with Crippen LogP contribution in [0.5, 0.6) is 11.5 Å². The van der Waals surface area contributed by atoms with Crippen molar-refractivity contribution in [3.05, 3.63) is 58.5 Å². The molecule has 1 N–H and O–H groups in total. The van der Waals surface area contributed by atoms with E-state index in [1.165, 1.54) is 12.1 Å². The molecule has 6 heteroatoms. The summed E-state index contributed by atoms with van der Waals surface area (Å²) in [6.07, 6.45) is -3.74. The first-order valence-corrected chi connectivity index (χ1v) is 5.00. The third-order valence-corrected chi connectivity index (χ3v) is 2.16. The molecule has 2 aromatic rings. The summed E-state index contributed by atoms with van der Waals surface area (Å²) in [5.74, 6) is -0.587. The van der Waals surface area contributed by atoms with Crippen molar-refractivity contribution in [3.8, 4) is 11.5 Å². The summed E-state index contributed by atoms with van der Waals surface area (Å²) in [5, 5.41) is 0. The molecule has 0 saturated carbocycles. The topological polar surface area (TPSA) is 42.1 Å². The van der Waals surface area contributed by atoms with Gasteiger partial charge in [0.05, 0.1) is 0 Å². The Hall–Kier alpha value is -2.24. The van der Waals surface area contributed by atoms with Crippen LogP contribution >= 0.6 is 0 Å². The molecule has 0 aliphatic carbocycles. The maximum atomic E-state index is 12.7. The van der Waals surface area contributed by atoms with Crippen LogP contribution in [0.2, 0.25) is 0 Å². The van der Waals surface area contributed by atoms with Crippen molar-refractivity contribution in [1.29, 1.82) is 0 Å². The van der Waals surface area contributed by atoms with Crippen molar-refractivity contribution in [2.45, 2.75) is 6.18 Å². The van der Waals surface area contributed by atoms with Gasteiger partial charge in [-0.1, -0.05) is 18.2 Å². The Bertz CT molecular complexity index is 590. The lowest BCUT2D eigenvalue weighted by Gasteiger charge is -2.12. The Morgan fingerprint density at radius 3 is 2.33 bits per heavy atom. The molecule has 1 heterocycles. The number of hydrogen-bond acceptors (Lipinski definition) is 2. The molecule has 94 valence electrons. The molecular formula is C12H8F3NO2. The summed E-state index contributed by atoms with van der Waals surface area (Å²) in [7, 11) is 0. The number of nitrogens with one attached hydrogen (secondary N) is 1. The summed E-state index contributed by atoms with van der Waals surface area (Å²) in [5.41, 5.74) is -2.02. The maximum absolute atomic E-state index is 12.7. The highest BCUT2D eigenvalue weighted by atomic mass is 19.4. The predicted octanol–water partition coefficient (Wildman–Crippen LogP) is 3.19. The van der Waals surface area contributed by atoms with Crippen molar-refractivity contribution in [2.24, 2.45) is 0 Å². The van der Waals surface area contributed by atoms with E-state index < -0.39 is 23.0 Å². The molecule has 0 atom stereocenters. The lowest BCUT2D eigenvalue weighted by molar-refractivity contribution is -0.142. The Kier molecular flexibility index (Phi) is 3.10. The second-order valence-corrected chi connectivity index (χ2v) is 3.46. The van der Waals surface area contributed by atoms with Crippen LogP contribution in [0, 0.1) is 0 Å². The van der Waals surface area contributed by atoms with E-state index in [9.17, 15) is 18.0 Å². The summed E-state index contributed by atoms with van der Waals surface area (Å²) in [4.78, 5) is 13.4. The normalized spacial score (nSPS) is 11.3. The molecule has 0 radical (unpaired) electrons. The second-order valence-electron chi connectivity index (χ2n) is 3.46. The SMILES string of the molecule is O=c1cc[nH]c(C(F)(F)F)c1Oc1ccccc1. The molecule has 0 aliphatic heterocycles. The Morgan fingerprint density at radius 1 is 1.06 bits per heavy atom. The van der Waals surface area contributed by atoms with Crippen LogP contribution in [-0.4, -0.2) is 4.98 Å². The molecule has 1 aromatic carbocycles.